The SMILES string of the molecule is COCCNCCNC(=O)C1CC(=O)N(CC(F)(F)F)C1. The highest BCUT2D eigenvalue weighted by molar-refractivity contribution is 5.89. The first kappa shape index (κ1) is 17.7. The second-order valence-electron chi connectivity index (χ2n) is 4.82. The van der Waals surface area contributed by atoms with Gasteiger partial charge in [-0.25, -0.2) is 0 Å². The number of hydrogen-bond acceptors (Lipinski definition) is 4. The van der Waals surface area contributed by atoms with Gasteiger partial charge in [-0.1, -0.05) is 0 Å². The molecule has 1 unspecified atom stereocenters. The Balaban J connectivity index is 2.25. The lowest BCUT2D eigenvalue weighted by Gasteiger charge is -2.18. The molecule has 6 nitrogen and oxygen atoms in total. The molecule has 1 fully saturated rings. The molecule has 0 aromatic heterocycles. The van der Waals surface area contributed by atoms with Crippen molar-refractivity contribution in [3.63, 3.8) is 0 Å². The summed E-state index contributed by atoms with van der Waals surface area (Å²) in [5.74, 6) is -1.73. The molecule has 1 aliphatic rings. The van der Waals surface area contributed by atoms with E-state index >= 15 is 0 Å². The fourth-order valence-corrected chi connectivity index (χ4v) is 2.03. The average molecular weight is 311 g/mol. The summed E-state index contributed by atoms with van der Waals surface area (Å²) in [5.41, 5.74) is 0. The third-order valence-electron chi connectivity index (χ3n) is 3.04. The van der Waals surface area contributed by atoms with Crippen molar-refractivity contribution in [2.75, 3.05) is 46.4 Å². The van der Waals surface area contributed by atoms with Gasteiger partial charge in [-0.05, 0) is 0 Å². The van der Waals surface area contributed by atoms with Crippen LogP contribution in [0.4, 0.5) is 13.2 Å². The van der Waals surface area contributed by atoms with E-state index in [0.717, 1.165) is 0 Å². The van der Waals surface area contributed by atoms with E-state index in [1.807, 2.05) is 0 Å². The van der Waals surface area contributed by atoms with Gasteiger partial charge in [0.2, 0.25) is 11.8 Å². The molecule has 0 bridgehead atoms. The van der Waals surface area contributed by atoms with E-state index in [1.54, 1.807) is 7.11 Å². The van der Waals surface area contributed by atoms with E-state index in [4.69, 9.17) is 4.74 Å². The number of likely N-dealkylation sites (tertiary alicyclic amines) is 1. The zero-order valence-electron chi connectivity index (χ0n) is 11.8. The summed E-state index contributed by atoms with van der Waals surface area (Å²) in [7, 11) is 1.58. The molecule has 0 aromatic rings. The van der Waals surface area contributed by atoms with Crippen LogP contribution in [0, 0.1) is 5.92 Å². The normalized spacial score (nSPS) is 19.1. The smallest absolute Gasteiger partial charge is 0.383 e. The zero-order valence-corrected chi connectivity index (χ0v) is 11.8. The van der Waals surface area contributed by atoms with Crippen LogP contribution in [-0.2, 0) is 14.3 Å². The van der Waals surface area contributed by atoms with Crippen LogP contribution in [0.5, 0.6) is 0 Å². The highest BCUT2D eigenvalue weighted by Crippen LogP contribution is 2.23. The molecule has 0 radical (unpaired) electrons. The Morgan fingerprint density at radius 2 is 2.10 bits per heavy atom. The minimum absolute atomic E-state index is 0.168. The van der Waals surface area contributed by atoms with Crippen molar-refractivity contribution in [2.24, 2.45) is 5.92 Å². The molecule has 1 rings (SSSR count). The monoisotopic (exact) mass is 311 g/mol. The number of ether oxygens (including phenoxy) is 1. The highest BCUT2D eigenvalue weighted by atomic mass is 19.4. The van der Waals surface area contributed by atoms with E-state index in [2.05, 4.69) is 10.6 Å². The van der Waals surface area contributed by atoms with Crippen LogP contribution < -0.4 is 10.6 Å². The van der Waals surface area contributed by atoms with Crippen LogP contribution in [0.2, 0.25) is 0 Å². The Labute approximate surface area is 121 Å². The fraction of sp³-hybridized carbons (Fsp3) is 0.833. The summed E-state index contributed by atoms with van der Waals surface area (Å²) in [6, 6.07) is 0. The Bertz CT molecular complexity index is 363. The van der Waals surface area contributed by atoms with Gasteiger partial charge in [0, 0.05) is 39.7 Å². The summed E-state index contributed by atoms with van der Waals surface area (Å²) in [5, 5.41) is 5.62. The number of carbonyl (C=O) groups is 2. The number of amides is 2. The predicted octanol–water partition coefficient (Wildman–Crippen LogP) is -0.251. The third-order valence-corrected chi connectivity index (χ3v) is 3.04. The maximum Gasteiger partial charge on any atom is 0.406 e. The summed E-state index contributed by atoms with van der Waals surface area (Å²) in [6.45, 7) is 0.606. The van der Waals surface area contributed by atoms with Crippen LogP contribution in [0.3, 0.4) is 0 Å². The second-order valence-corrected chi connectivity index (χ2v) is 4.82. The van der Waals surface area contributed by atoms with Gasteiger partial charge >= 0.3 is 6.18 Å². The molecule has 21 heavy (non-hydrogen) atoms. The Morgan fingerprint density at radius 1 is 1.38 bits per heavy atom. The van der Waals surface area contributed by atoms with Crippen molar-refractivity contribution in [1.29, 1.82) is 0 Å². The van der Waals surface area contributed by atoms with Gasteiger partial charge in [0.1, 0.15) is 6.54 Å². The first-order valence-corrected chi connectivity index (χ1v) is 6.65. The summed E-state index contributed by atoms with van der Waals surface area (Å²) < 4.78 is 41.6. The Hall–Kier alpha value is -1.35. The van der Waals surface area contributed by atoms with Gasteiger partial charge in [0.15, 0.2) is 0 Å². The lowest BCUT2D eigenvalue weighted by atomic mass is 10.1. The summed E-state index contributed by atoms with van der Waals surface area (Å²) in [6.07, 6.45) is -4.61. The molecule has 0 aliphatic carbocycles. The predicted molar refractivity (Wildman–Crippen MR) is 68.5 cm³/mol. The maximum absolute atomic E-state index is 12.2. The van der Waals surface area contributed by atoms with E-state index in [-0.39, 0.29) is 18.9 Å². The van der Waals surface area contributed by atoms with Gasteiger partial charge in [-0.2, -0.15) is 13.2 Å². The number of alkyl halides is 3. The molecule has 122 valence electrons. The molecular weight excluding hydrogens is 291 g/mol. The van der Waals surface area contributed by atoms with E-state index in [9.17, 15) is 22.8 Å². The number of carbonyl (C=O) groups excluding carboxylic acids is 2. The number of rotatable bonds is 8. The molecule has 0 spiro atoms. The summed E-state index contributed by atoms with van der Waals surface area (Å²) >= 11 is 0. The van der Waals surface area contributed by atoms with Crippen molar-refractivity contribution in [3.05, 3.63) is 0 Å². The standard InChI is InChI=1S/C12H20F3N3O3/c1-21-5-4-16-2-3-17-11(20)9-6-10(19)18(7-9)8-12(13,14)15/h9,16H,2-8H2,1H3,(H,17,20). The number of methoxy groups -OCH3 is 1. The third kappa shape index (κ3) is 6.76. The van der Waals surface area contributed by atoms with Crippen LogP contribution in [0.15, 0.2) is 0 Å². The molecule has 2 amide bonds. The van der Waals surface area contributed by atoms with Gasteiger partial charge in [-0.15, -0.1) is 0 Å². The molecule has 1 heterocycles. The van der Waals surface area contributed by atoms with Crippen molar-refractivity contribution >= 4 is 11.8 Å². The van der Waals surface area contributed by atoms with Gasteiger partial charge in [0.05, 0.1) is 12.5 Å². The van der Waals surface area contributed by atoms with Gasteiger partial charge in [-0.3, -0.25) is 9.59 Å². The van der Waals surface area contributed by atoms with Crippen LogP contribution in [0.25, 0.3) is 0 Å². The fourth-order valence-electron chi connectivity index (χ4n) is 2.03. The van der Waals surface area contributed by atoms with Gasteiger partial charge < -0.3 is 20.3 Å². The van der Waals surface area contributed by atoms with Gasteiger partial charge in [0.25, 0.3) is 0 Å². The minimum atomic E-state index is -4.44. The lowest BCUT2D eigenvalue weighted by molar-refractivity contribution is -0.157. The molecule has 1 saturated heterocycles. The minimum Gasteiger partial charge on any atom is -0.383 e. The highest BCUT2D eigenvalue weighted by Gasteiger charge is 2.40. The largest absolute Gasteiger partial charge is 0.406 e. The van der Waals surface area contributed by atoms with E-state index < -0.39 is 24.5 Å². The Kier molecular flexibility index (Phi) is 6.90. The quantitative estimate of drug-likeness (QED) is 0.607. The van der Waals surface area contributed by atoms with Crippen molar-refractivity contribution in [3.8, 4) is 0 Å². The Morgan fingerprint density at radius 3 is 2.71 bits per heavy atom. The molecule has 1 aliphatic heterocycles. The molecule has 0 saturated carbocycles. The molecule has 2 N–H and O–H groups in total. The van der Waals surface area contributed by atoms with E-state index in [1.165, 1.54) is 0 Å². The van der Waals surface area contributed by atoms with Crippen molar-refractivity contribution in [1.82, 2.24) is 15.5 Å². The van der Waals surface area contributed by atoms with Crippen LogP contribution in [0.1, 0.15) is 6.42 Å². The number of nitrogens with zero attached hydrogens (tertiary/aromatic N) is 1. The molecule has 9 heteroatoms. The zero-order chi connectivity index (χ0) is 15.9. The van der Waals surface area contributed by atoms with Crippen LogP contribution >= 0.6 is 0 Å². The van der Waals surface area contributed by atoms with Crippen LogP contribution in [-0.4, -0.2) is 69.3 Å². The van der Waals surface area contributed by atoms with Crippen molar-refractivity contribution in [2.45, 2.75) is 12.6 Å². The second kappa shape index (κ2) is 8.18. The number of halogens is 3. The first-order valence-electron chi connectivity index (χ1n) is 6.65. The maximum atomic E-state index is 12.2. The summed E-state index contributed by atoms with van der Waals surface area (Å²) in [4.78, 5) is 23.9. The van der Waals surface area contributed by atoms with Crippen molar-refractivity contribution < 1.29 is 27.5 Å². The topological polar surface area (TPSA) is 70.7 Å². The molecule has 0 aromatic carbocycles. The molecular formula is C12H20F3N3O3. The average Bonchev–Trinajstić information content (AvgIpc) is 2.73. The lowest BCUT2D eigenvalue weighted by Crippen LogP contribution is -2.39. The number of hydrogen-bond donors (Lipinski definition) is 2. The first-order chi connectivity index (χ1) is 9.83. The molecule has 1 atom stereocenters. The van der Waals surface area contributed by atoms with E-state index in [0.29, 0.717) is 31.1 Å². The number of nitrogens with one attached hydrogen (secondary N) is 2.